The first-order valence-corrected chi connectivity index (χ1v) is 8.63. The molecule has 6 heteroatoms. The molecular weight excluding hydrogens is 326 g/mol. The molecule has 0 aliphatic carbocycles. The molecule has 0 unspecified atom stereocenters. The third-order valence-electron chi connectivity index (χ3n) is 4.17. The lowest BCUT2D eigenvalue weighted by Crippen LogP contribution is -2.31. The maximum Gasteiger partial charge on any atom is 0.162 e. The number of rotatable bonds is 4. The second-order valence-corrected chi connectivity index (χ2v) is 8.03. The molecule has 0 amide bonds. The van der Waals surface area contributed by atoms with Gasteiger partial charge < -0.3 is 10.5 Å². The van der Waals surface area contributed by atoms with Gasteiger partial charge in [0.15, 0.2) is 5.82 Å². The summed E-state index contributed by atoms with van der Waals surface area (Å²) in [6, 6.07) is 3.72. The van der Waals surface area contributed by atoms with E-state index in [0.717, 1.165) is 22.0 Å². The molecule has 3 heterocycles. The zero-order valence-electron chi connectivity index (χ0n) is 15.9. The van der Waals surface area contributed by atoms with Gasteiger partial charge in [-0.15, -0.1) is 0 Å². The Morgan fingerprint density at radius 1 is 0.962 bits per heavy atom. The molecule has 0 fully saturated rings. The zero-order valence-corrected chi connectivity index (χ0v) is 15.9. The Hall–Kier alpha value is -2.60. The molecule has 0 aromatic carbocycles. The van der Waals surface area contributed by atoms with E-state index in [-0.39, 0.29) is 11.0 Å². The first-order valence-electron chi connectivity index (χ1n) is 8.63. The average Bonchev–Trinajstić information content (AvgIpc) is 2.60. The fourth-order valence-corrected chi connectivity index (χ4v) is 2.73. The quantitative estimate of drug-likeness (QED) is 0.770. The number of fused-ring (bicyclic) bond motifs is 1. The second-order valence-electron chi connectivity index (χ2n) is 8.03. The van der Waals surface area contributed by atoms with Gasteiger partial charge in [0.05, 0.1) is 23.9 Å². The van der Waals surface area contributed by atoms with Gasteiger partial charge in [0.2, 0.25) is 0 Å². The van der Waals surface area contributed by atoms with Crippen LogP contribution in [-0.2, 0) is 10.2 Å². The highest BCUT2D eigenvalue weighted by molar-refractivity contribution is 5.92. The lowest BCUT2D eigenvalue weighted by Gasteiger charge is -2.30. The topological polar surface area (TPSA) is 86.8 Å². The van der Waals surface area contributed by atoms with Gasteiger partial charge in [0.1, 0.15) is 5.82 Å². The van der Waals surface area contributed by atoms with Crippen molar-refractivity contribution in [2.75, 3.05) is 12.3 Å². The number of anilines is 1. The van der Waals surface area contributed by atoms with Crippen molar-refractivity contribution in [2.45, 2.75) is 45.6 Å². The van der Waals surface area contributed by atoms with Gasteiger partial charge in [-0.05, 0) is 38.5 Å². The summed E-state index contributed by atoms with van der Waals surface area (Å²) in [4.78, 5) is 17.6. The van der Waals surface area contributed by atoms with Crippen molar-refractivity contribution in [1.29, 1.82) is 0 Å². The predicted molar refractivity (Wildman–Crippen MR) is 104 cm³/mol. The van der Waals surface area contributed by atoms with Crippen LogP contribution in [0.2, 0.25) is 0 Å². The standard InChI is InChI=1S/C20H25N5O/c1-19(2,3)26-12-20(4,5)14-10-23-11-15-16(14)17(21)25-18(24-15)13-6-8-22-9-7-13/h6-11H,12H2,1-5H3,(H2,21,24,25). The number of nitrogens with two attached hydrogens (primary N) is 1. The average molecular weight is 351 g/mol. The van der Waals surface area contributed by atoms with Crippen molar-refractivity contribution < 1.29 is 4.74 Å². The van der Waals surface area contributed by atoms with Crippen LogP contribution < -0.4 is 5.73 Å². The highest BCUT2D eigenvalue weighted by atomic mass is 16.5. The Bertz CT molecular complexity index is 917. The van der Waals surface area contributed by atoms with Crippen molar-refractivity contribution in [1.82, 2.24) is 19.9 Å². The molecule has 26 heavy (non-hydrogen) atoms. The lowest BCUT2D eigenvalue weighted by molar-refractivity contribution is -0.0247. The van der Waals surface area contributed by atoms with Gasteiger partial charge in [0.25, 0.3) is 0 Å². The van der Waals surface area contributed by atoms with Crippen LogP contribution >= 0.6 is 0 Å². The van der Waals surface area contributed by atoms with Gasteiger partial charge in [-0.3, -0.25) is 9.97 Å². The van der Waals surface area contributed by atoms with E-state index in [4.69, 9.17) is 10.5 Å². The Balaban J connectivity index is 2.08. The zero-order chi connectivity index (χ0) is 18.9. The third kappa shape index (κ3) is 3.80. The molecule has 0 bridgehead atoms. The first-order chi connectivity index (χ1) is 12.2. The van der Waals surface area contributed by atoms with Crippen LogP contribution in [0.4, 0.5) is 5.82 Å². The van der Waals surface area contributed by atoms with E-state index in [1.165, 1.54) is 0 Å². The molecule has 3 aromatic heterocycles. The van der Waals surface area contributed by atoms with E-state index in [1.807, 2.05) is 39.1 Å². The third-order valence-corrected chi connectivity index (χ3v) is 4.17. The molecule has 3 aromatic rings. The highest BCUT2D eigenvalue weighted by Gasteiger charge is 2.28. The number of ether oxygens (including phenoxy) is 1. The molecule has 0 saturated heterocycles. The van der Waals surface area contributed by atoms with Crippen molar-refractivity contribution in [3.63, 3.8) is 0 Å². The largest absolute Gasteiger partial charge is 0.383 e. The normalized spacial score (nSPS) is 12.5. The monoisotopic (exact) mass is 351 g/mol. The summed E-state index contributed by atoms with van der Waals surface area (Å²) < 4.78 is 6.01. The fourth-order valence-electron chi connectivity index (χ4n) is 2.73. The molecule has 6 nitrogen and oxygen atoms in total. The predicted octanol–water partition coefficient (Wildman–Crippen LogP) is 3.76. The summed E-state index contributed by atoms with van der Waals surface area (Å²) in [6.45, 7) is 10.9. The molecule has 0 atom stereocenters. The van der Waals surface area contributed by atoms with Gasteiger partial charge in [-0.25, -0.2) is 9.97 Å². The summed E-state index contributed by atoms with van der Waals surface area (Å²) in [6.07, 6.45) is 6.98. The second kappa shape index (κ2) is 6.61. The summed E-state index contributed by atoms with van der Waals surface area (Å²) in [5.41, 5.74) is 8.42. The van der Waals surface area contributed by atoms with Crippen LogP contribution in [0.25, 0.3) is 22.3 Å². The molecule has 0 aliphatic rings. The Morgan fingerprint density at radius 3 is 2.31 bits per heavy atom. The number of aromatic nitrogens is 4. The maximum absolute atomic E-state index is 6.34. The number of nitrogens with zero attached hydrogens (tertiary/aromatic N) is 4. The van der Waals surface area contributed by atoms with Crippen LogP contribution in [0, 0.1) is 0 Å². The van der Waals surface area contributed by atoms with Gasteiger partial charge in [0, 0.05) is 35.0 Å². The van der Waals surface area contributed by atoms with Gasteiger partial charge in [-0.1, -0.05) is 13.8 Å². The molecule has 0 spiro atoms. The summed E-state index contributed by atoms with van der Waals surface area (Å²) in [5, 5.41) is 0.834. The minimum atomic E-state index is -0.282. The Labute approximate surface area is 153 Å². The lowest BCUT2D eigenvalue weighted by atomic mass is 9.84. The SMILES string of the molecule is CC(C)(C)OCC(C)(C)c1cncc2nc(-c3ccncc3)nc(N)c12. The summed E-state index contributed by atoms with van der Waals surface area (Å²) in [5.74, 6) is 1.02. The molecule has 0 radical (unpaired) electrons. The molecular formula is C20H25N5O. The van der Waals surface area contributed by atoms with Crippen LogP contribution in [-0.4, -0.2) is 32.1 Å². The van der Waals surface area contributed by atoms with Crippen molar-refractivity contribution in [2.24, 2.45) is 0 Å². The summed E-state index contributed by atoms with van der Waals surface area (Å²) in [7, 11) is 0. The van der Waals surface area contributed by atoms with Crippen LogP contribution in [0.5, 0.6) is 0 Å². The minimum absolute atomic E-state index is 0.216. The molecule has 3 rings (SSSR count). The van der Waals surface area contributed by atoms with E-state index < -0.39 is 0 Å². The van der Waals surface area contributed by atoms with Gasteiger partial charge >= 0.3 is 0 Å². The number of hydrogen-bond donors (Lipinski definition) is 1. The molecule has 0 saturated carbocycles. The smallest absolute Gasteiger partial charge is 0.162 e. The van der Waals surface area contributed by atoms with Crippen LogP contribution in [0.1, 0.15) is 40.2 Å². The number of pyridine rings is 2. The van der Waals surface area contributed by atoms with Crippen LogP contribution in [0.3, 0.4) is 0 Å². The highest BCUT2D eigenvalue weighted by Crippen LogP contribution is 2.33. The fraction of sp³-hybridized carbons (Fsp3) is 0.400. The van der Waals surface area contributed by atoms with Crippen molar-refractivity contribution >= 4 is 16.7 Å². The summed E-state index contributed by atoms with van der Waals surface area (Å²) >= 11 is 0. The number of nitrogen functional groups attached to an aromatic ring is 1. The van der Waals surface area contributed by atoms with E-state index in [9.17, 15) is 0 Å². The number of hydrogen-bond acceptors (Lipinski definition) is 6. The van der Waals surface area contributed by atoms with E-state index in [1.54, 1.807) is 18.6 Å². The van der Waals surface area contributed by atoms with Crippen molar-refractivity contribution in [3.05, 3.63) is 42.5 Å². The first kappa shape index (κ1) is 18.2. The Kier molecular flexibility index (Phi) is 4.63. The van der Waals surface area contributed by atoms with Gasteiger partial charge in [-0.2, -0.15) is 0 Å². The van der Waals surface area contributed by atoms with Crippen molar-refractivity contribution in [3.8, 4) is 11.4 Å². The van der Waals surface area contributed by atoms with E-state index in [2.05, 4.69) is 33.8 Å². The van der Waals surface area contributed by atoms with E-state index >= 15 is 0 Å². The molecule has 0 aliphatic heterocycles. The minimum Gasteiger partial charge on any atom is -0.383 e. The maximum atomic E-state index is 6.34. The van der Waals surface area contributed by atoms with E-state index in [0.29, 0.717) is 18.2 Å². The van der Waals surface area contributed by atoms with Crippen LogP contribution in [0.15, 0.2) is 36.9 Å². The molecule has 136 valence electrons. The Morgan fingerprint density at radius 2 is 1.65 bits per heavy atom. The molecule has 2 N–H and O–H groups in total.